The molecule has 3 N–H and O–H groups in total. The van der Waals surface area contributed by atoms with Gasteiger partial charge in [0.15, 0.2) is 0 Å². The van der Waals surface area contributed by atoms with Crippen LogP contribution in [0.5, 0.6) is 0 Å². The van der Waals surface area contributed by atoms with E-state index in [9.17, 15) is 13.6 Å². The summed E-state index contributed by atoms with van der Waals surface area (Å²) in [4.78, 5) is 12.1. The maximum atomic E-state index is 13.1. The maximum absolute atomic E-state index is 13.1. The van der Waals surface area contributed by atoms with Crippen LogP contribution in [0.2, 0.25) is 5.02 Å². The fourth-order valence-electron chi connectivity index (χ4n) is 1.65. The van der Waals surface area contributed by atoms with Crippen LogP contribution in [0.15, 0.2) is 36.4 Å². The summed E-state index contributed by atoms with van der Waals surface area (Å²) in [6.45, 7) is 0. The first-order valence-corrected chi connectivity index (χ1v) is 6.52. The Morgan fingerprint density at radius 2 is 1.71 bits per heavy atom. The lowest BCUT2D eigenvalue weighted by Crippen LogP contribution is -2.14. The molecule has 108 valence electrons. The zero-order valence-corrected chi connectivity index (χ0v) is 12.1. The molecule has 0 saturated heterocycles. The summed E-state index contributed by atoms with van der Waals surface area (Å²) >= 11 is 10.8. The number of nitrogens with two attached hydrogens (primary N) is 1. The number of benzene rings is 2. The second kappa shape index (κ2) is 6.15. The topological polar surface area (TPSA) is 55.1 Å². The average molecular weight is 327 g/mol. The van der Waals surface area contributed by atoms with Crippen molar-refractivity contribution in [3.63, 3.8) is 0 Å². The highest BCUT2D eigenvalue weighted by Crippen LogP contribution is 2.24. The lowest BCUT2D eigenvalue weighted by atomic mass is 10.1. The van der Waals surface area contributed by atoms with Crippen LogP contribution < -0.4 is 11.1 Å². The molecule has 0 heterocycles. The van der Waals surface area contributed by atoms with Crippen LogP contribution in [0.4, 0.5) is 14.5 Å². The van der Waals surface area contributed by atoms with Crippen molar-refractivity contribution in [2.75, 3.05) is 5.32 Å². The van der Waals surface area contributed by atoms with E-state index in [0.29, 0.717) is 11.6 Å². The molecule has 0 aliphatic heterocycles. The lowest BCUT2D eigenvalue weighted by Gasteiger charge is -2.09. The molecule has 0 atom stereocenters. The molecule has 21 heavy (non-hydrogen) atoms. The van der Waals surface area contributed by atoms with E-state index in [0.717, 1.165) is 12.1 Å². The highest BCUT2D eigenvalue weighted by atomic mass is 35.5. The summed E-state index contributed by atoms with van der Waals surface area (Å²) in [6.07, 6.45) is 0. The third kappa shape index (κ3) is 3.74. The van der Waals surface area contributed by atoms with Gasteiger partial charge in [-0.2, -0.15) is 0 Å². The maximum Gasteiger partial charge on any atom is 0.255 e. The highest BCUT2D eigenvalue weighted by Gasteiger charge is 2.12. The fourth-order valence-corrected chi connectivity index (χ4v) is 2.00. The first-order valence-electron chi connectivity index (χ1n) is 5.73. The Labute approximate surface area is 129 Å². The first kappa shape index (κ1) is 15.3. The smallest absolute Gasteiger partial charge is 0.255 e. The third-order valence-corrected chi connectivity index (χ3v) is 3.17. The van der Waals surface area contributed by atoms with Gasteiger partial charge in [-0.25, -0.2) is 8.78 Å². The molecule has 0 unspecified atom stereocenters. The Hall–Kier alpha value is -2.05. The van der Waals surface area contributed by atoms with Crippen molar-refractivity contribution in [3.8, 4) is 0 Å². The Balaban J connectivity index is 2.25. The van der Waals surface area contributed by atoms with Crippen LogP contribution in [0, 0.1) is 11.6 Å². The van der Waals surface area contributed by atoms with Crippen molar-refractivity contribution in [1.82, 2.24) is 0 Å². The van der Waals surface area contributed by atoms with Crippen LogP contribution in [-0.2, 0) is 0 Å². The van der Waals surface area contributed by atoms with Gasteiger partial charge < -0.3 is 11.1 Å². The van der Waals surface area contributed by atoms with Gasteiger partial charge in [-0.05, 0) is 30.3 Å². The molecule has 0 fully saturated rings. The number of carbonyl (C=O) groups is 1. The van der Waals surface area contributed by atoms with Crippen LogP contribution in [0.25, 0.3) is 0 Å². The van der Waals surface area contributed by atoms with Crippen LogP contribution >= 0.6 is 23.8 Å². The summed E-state index contributed by atoms with van der Waals surface area (Å²) in [5.74, 6) is -2.36. The van der Waals surface area contributed by atoms with Gasteiger partial charge in [-0.1, -0.05) is 23.8 Å². The van der Waals surface area contributed by atoms with Crippen molar-refractivity contribution < 1.29 is 13.6 Å². The summed E-state index contributed by atoms with van der Waals surface area (Å²) < 4.78 is 26.1. The molecule has 3 nitrogen and oxygen atoms in total. The average Bonchev–Trinajstić information content (AvgIpc) is 2.39. The lowest BCUT2D eigenvalue weighted by molar-refractivity contribution is 0.102. The summed E-state index contributed by atoms with van der Waals surface area (Å²) in [5.41, 5.74) is 6.14. The molecule has 2 rings (SSSR count). The molecule has 2 aromatic carbocycles. The second-order valence-electron chi connectivity index (χ2n) is 4.17. The minimum Gasteiger partial charge on any atom is -0.389 e. The predicted octanol–water partition coefficient (Wildman–Crippen LogP) is 3.50. The van der Waals surface area contributed by atoms with E-state index in [4.69, 9.17) is 29.6 Å². The Morgan fingerprint density at radius 1 is 1.10 bits per heavy atom. The number of halogens is 3. The van der Waals surface area contributed by atoms with Crippen LogP contribution in [0.3, 0.4) is 0 Å². The normalized spacial score (nSPS) is 10.2. The molecule has 0 aliphatic rings. The molecule has 7 heteroatoms. The Morgan fingerprint density at radius 3 is 2.24 bits per heavy atom. The molecule has 1 amide bonds. The third-order valence-electron chi connectivity index (χ3n) is 2.63. The van der Waals surface area contributed by atoms with Gasteiger partial charge in [0.25, 0.3) is 5.91 Å². The number of hydrogen-bond acceptors (Lipinski definition) is 2. The quantitative estimate of drug-likeness (QED) is 0.849. The van der Waals surface area contributed by atoms with Crippen molar-refractivity contribution in [3.05, 3.63) is 64.2 Å². The molecule has 0 radical (unpaired) electrons. The molecule has 0 saturated carbocycles. The number of rotatable bonds is 3. The first-order chi connectivity index (χ1) is 9.86. The number of nitrogens with one attached hydrogen (secondary N) is 1. The van der Waals surface area contributed by atoms with Gasteiger partial charge in [-0.3, -0.25) is 4.79 Å². The minimum atomic E-state index is -0.838. The standard InChI is InChI=1S/C14H9ClF2N2OS/c15-11-5-7(13(18)21)1-2-12(11)19-14(20)8-3-9(16)6-10(17)4-8/h1-6H,(H2,18,21)(H,19,20). The number of carbonyl (C=O) groups excluding carboxylic acids is 1. The zero-order valence-electron chi connectivity index (χ0n) is 10.5. The molecule has 0 spiro atoms. The van der Waals surface area contributed by atoms with E-state index in [1.54, 1.807) is 6.07 Å². The van der Waals surface area contributed by atoms with Crippen molar-refractivity contribution in [2.45, 2.75) is 0 Å². The number of anilines is 1. The zero-order chi connectivity index (χ0) is 15.6. The minimum absolute atomic E-state index is 0.151. The number of hydrogen-bond donors (Lipinski definition) is 2. The molecule has 0 aromatic heterocycles. The fraction of sp³-hybridized carbons (Fsp3) is 0. The van der Waals surface area contributed by atoms with Crippen LogP contribution in [-0.4, -0.2) is 10.9 Å². The molecule has 0 bridgehead atoms. The van der Waals surface area contributed by atoms with E-state index in [-0.39, 0.29) is 21.3 Å². The van der Waals surface area contributed by atoms with E-state index in [1.807, 2.05) is 0 Å². The van der Waals surface area contributed by atoms with E-state index in [1.165, 1.54) is 12.1 Å². The van der Waals surface area contributed by atoms with Crippen molar-refractivity contribution in [1.29, 1.82) is 0 Å². The molecular weight excluding hydrogens is 318 g/mol. The number of thiocarbonyl (C=S) groups is 1. The number of amides is 1. The van der Waals surface area contributed by atoms with E-state index in [2.05, 4.69) is 5.32 Å². The van der Waals surface area contributed by atoms with Gasteiger partial charge in [0.1, 0.15) is 16.6 Å². The van der Waals surface area contributed by atoms with Gasteiger partial charge in [-0.15, -0.1) is 0 Å². The van der Waals surface area contributed by atoms with Gasteiger partial charge >= 0.3 is 0 Å². The van der Waals surface area contributed by atoms with Gasteiger partial charge in [0, 0.05) is 17.2 Å². The summed E-state index contributed by atoms with van der Waals surface area (Å²) in [7, 11) is 0. The van der Waals surface area contributed by atoms with Gasteiger partial charge in [0.05, 0.1) is 10.7 Å². The highest BCUT2D eigenvalue weighted by molar-refractivity contribution is 7.80. The molecule has 0 aliphatic carbocycles. The largest absolute Gasteiger partial charge is 0.389 e. The predicted molar refractivity (Wildman–Crippen MR) is 81.7 cm³/mol. The Kier molecular flexibility index (Phi) is 4.50. The van der Waals surface area contributed by atoms with Crippen molar-refractivity contribution >= 4 is 40.4 Å². The molecular formula is C14H9ClF2N2OS. The van der Waals surface area contributed by atoms with Crippen LogP contribution in [0.1, 0.15) is 15.9 Å². The monoisotopic (exact) mass is 326 g/mol. The SMILES string of the molecule is NC(=S)c1ccc(NC(=O)c2cc(F)cc(F)c2)c(Cl)c1. The van der Waals surface area contributed by atoms with E-state index < -0.39 is 17.5 Å². The molecule has 2 aromatic rings. The Bertz CT molecular complexity index is 717. The summed E-state index contributed by atoms with van der Waals surface area (Å²) in [5, 5.41) is 2.67. The second-order valence-corrected chi connectivity index (χ2v) is 5.02. The van der Waals surface area contributed by atoms with E-state index >= 15 is 0 Å². The van der Waals surface area contributed by atoms with Gasteiger partial charge in [0.2, 0.25) is 0 Å². The van der Waals surface area contributed by atoms with Crippen molar-refractivity contribution in [2.24, 2.45) is 5.73 Å². The summed E-state index contributed by atoms with van der Waals surface area (Å²) in [6, 6.07) is 7.11.